The molecule has 11 heteroatoms. The highest BCUT2D eigenvalue weighted by molar-refractivity contribution is 7.89. The van der Waals surface area contributed by atoms with E-state index in [1.807, 2.05) is 0 Å². The number of nitrogens with zero attached hydrogens (tertiary/aromatic N) is 2. The third-order valence-corrected chi connectivity index (χ3v) is 5.69. The van der Waals surface area contributed by atoms with Crippen LogP contribution in [0.15, 0.2) is 58.4 Å². The van der Waals surface area contributed by atoms with E-state index in [1.165, 1.54) is 42.6 Å². The number of halogens is 2. The molecule has 164 valence electrons. The van der Waals surface area contributed by atoms with Crippen LogP contribution in [0.5, 0.6) is 5.75 Å². The second-order valence-corrected chi connectivity index (χ2v) is 8.61. The van der Waals surface area contributed by atoms with Crippen molar-refractivity contribution in [2.75, 3.05) is 6.61 Å². The molecule has 0 saturated carbocycles. The summed E-state index contributed by atoms with van der Waals surface area (Å²) in [5.74, 6) is -0.765. The van der Waals surface area contributed by atoms with Crippen molar-refractivity contribution in [1.82, 2.24) is 9.78 Å². The van der Waals surface area contributed by atoms with Crippen LogP contribution in [0.1, 0.15) is 13.3 Å². The first kappa shape index (κ1) is 22.9. The molecule has 3 aromatic rings. The number of aromatic nitrogens is 2. The molecule has 1 atom stereocenters. The summed E-state index contributed by atoms with van der Waals surface area (Å²) in [6.45, 7) is 1.61. The second-order valence-electron chi connectivity index (χ2n) is 6.65. The van der Waals surface area contributed by atoms with Gasteiger partial charge in [0.15, 0.2) is 5.75 Å². The smallest absolute Gasteiger partial charge is 0.314 e. The lowest BCUT2D eigenvalue weighted by Crippen LogP contribution is -2.26. The fourth-order valence-electron chi connectivity index (χ4n) is 2.71. The molecular formula is C20H19ClFN3O5S. The Bertz CT molecular complexity index is 1260. The first-order valence-corrected chi connectivity index (χ1v) is 11.1. The van der Waals surface area contributed by atoms with Crippen LogP contribution in [-0.4, -0.2) is 36.0 Å². The summed E-state index contributed by atoms with van der Waals surface area (Å²) in [5.41, 5.74) is 0.272. The van der Waals surface area contributed by atoms with Gasteiger partial charge >= 0.3 is 5.56 Å². The SMILES string of the molecule is CCC(O)COc1c(-c2ccc(S(N)(=O)=O)cc2)cnn(-c2ccc(F)c(Cl)c2)c1=O. The number of sulfonamides is 1. The predicted octanol–water partition coefficient (Wildman–Crippen LogP) is 2.49. The van der Waals surface area contributed by atoms with Crippen LogP contribution in [0.4, 0.5) is 4.39 Å². The minimum absolute atomic E-state index is 0.0950. The molecule has 3 N–H and O–H groups in total. The molecule has 1 unspecified atom stereocenters. The van der Waals surface area contributed by atoms with Gasteiger partial charge in [0.1, 0.15) is 12.4 Å². The Balaban J connectivity index is 2.13. The Labute approximate surface area is 182 Å². The fourth-order valence-corrected chi connectivity index (χ4v) is 3.40. The Morgan fingerprint density at radius 3 is 2.52 bits per heavy atom. The number of rotatable bonds is 7. The topological polar surface area (TPSA) is 125 Å². The van der Waals surface area contributed by atoms with Crippen molar-refractivity contribution in [2.45, 2.75) is 24.3 Å². The van der Waals surface area contributed by atoms with E-state index >= 15 is 0 Å². The molecule has 0 bridgehead atoms. The summed E-state index contributed by atoms with van der Waals surface area (Å²) >= 11 is 5.81. The van der Waals surface area contributed by atoms with E-state index in [0.29, 0.717) is 12.0 Å². The van der Waals surface area contributed by atoms with E-state index in [9.17, 15) is 22.7 Å². The monoisotopic (exact) mass is 467 g/mol. The third-order valence-electron chi connectivity index (χ3n) is 4.47. The zero-order chi connectivity index (χ0) is 22.8. The highest BCUT2D eigenvalue weighted by Crippen LogP contribution is 2.28. The highest BCUT2D eigenvalue weighted by atomic mass is 35.5. The number of hydrogen-bond donors (Lipinski definition) is 2. The standard InChI is InChI=1S/C20H19ClFN3O5S/c1-2-14(26)11-30-19-16(12-3-6-15(7-4-12)31(23,28)29)10-24-25(20(19)27)13-5-8-18(22)17(21)9-13/h3-10,14,26H,2,11H2,1H3,(H2,23,28,29). The molecule has 0 aliphatic carbocycles. The number of aliphatic hydroxyl groups excluding tert-OH is 1. The van der Waals surface area contributed by atoms with Gasteiger partial charge in [0.25, 0.3) is 0 Å². The van der Waals surface area contributed by atoms with Crippen LogP contribution >= 0.6 is 11.6 Å². The van der Waals surface area contributed by atoms with Crippen LogP contribution in [0.2, 0.25) is 5.02 Å². The van der Waals surface area contributed by atoms with E-state index in [4.69, 9.17) is 21.5 Å². The van der Waals surface area contributed by atoms with Gasteiger partial charge in [0.05, 0.1) is 27.9 Å². The van der Waals surface area contributed by atoms with Crippen LogP contribution in [0.25, 0.3) is 16.8 Å². The van der Waals surface area contributed by atoms with Crippen LogP contribution < -0.4 is 15.4 Å². The van der Waals surface area contributed by atoms with Gasteiger partial charge in [-0.1, -0.05) is 30.7 Å². The Hall–Kier alpha value is -2.79. The van der Waals surface area contributed by atoms with E-state index in [1.54, 1.807) is 6.92 Å². The highest BCUT2D eigenvalue weighted by Gasteiger charge is 2.18. The van der Waals surface area contributed by atoms with Crippen molar-refractivity contribution >= 4 is 21.6 Å². The summed E-state index contributed by atoms with van der Waals surface area (Å²) < 4.78 is 43.1. The van der Waals surface area contributed by atoms with Crippen LogP contribution in [0, 0.1) is 5.82 Å². The first-order chi connectivity index (χ1) is 14.6. The number of aliphatic hydroxyl groups is 1. The molecule has 8 nitrogen and oxygen atoms in total. The quantitative estimate of drug-likeness (QED) is 0.550. The van der Waals surface area contributed by atoms with Gasteiger partial charge < -0.3 is 9.84 Å². The van der Waals surface area contributed by atoms with Crippen molar-refractivity contribution in [3.05, 3.63) is 69.9 Å². The summed E-state index contributed by atoms with van der Waals surface area (Å²) in [5, 5.41) is 18.9. The Morgan fingerprint density at radius 2 is 1.94 bits per heavy atom. The first-order valence-electron chi connectivity index (χ1n) is 9.13. The largest absolute Gasteiger partial charge is 0.485 e. The number of nitrogens with two attached hydrogens (primary N) is 1. The van der Waals surface area contributed by atoms with E-state index in [-0.39, 0.29) is 33.5 Å². The second kappa shape index (κ2) is 9.15. The van der Waals surface area contributed by atoms with Crippen molar-refractivity contribution in [3.8, 4) is 22.6 Å². The normalized spacial score (nSPS) is 12.5. The lowest BCUT2D eigenvalue weighted by molar-refractivity contribution is 0.103. The molecule has 0 fully saturated rings. The average molecular weight is 468 g/mol. The molecule has 0 amide bonds. The van der Waals surface area contributed by atoms with Crippen molar-refractivity contribution < 1.29 is 22.7 Å². The summed E-state index contributed by atoms with van der Waals surface area (Å²) in [6.07, 6.45) is 0.947. The van der Waals surface area contributed by atoms with E-state index in [2.05, 4.69) is 5.10 Å². The average Bonchev–Trinajstić information content (AvgIpc) is 2.74. The summed E-state index contributed by atoms with van der Waals surface area (Å²) in [7, 11) is -3.88. The maximum Gasteiger partial charge on any atom is 0.314 e. The summed E-state index contributed by atoms with van der Waals surface area (Å²) in [4.78, 5) is 13.0. The van der Waals surface area contributed by atoms with Gasteiger partial charge in [-0.2, -0.15) is 9.78 Å². The fraction of sp³-hybridized carbons (Fsp3) is 0.200. The molecule has 0 radical (unpaired) electrons. The van der Waals surface area contributed by atoms with Crippen molar-refractivity contribution in [2.24, 2.45) is 5.14 Å². The van der Waals surface area contributed by atoms with Gasteiger partial charge in [-0.15, -0.1) is 0 Å². The zero-order valence-corrected chi connectivity index (χ0v) is 17.9. The molecule has 0 saturated heterocycles. The van der Waals surface area contributed by atoms with Crippen LogP contribution in [0.3, 0.4) is 0 Å². The predicted molar refractivity (Wildman–Crippen MR) is 113 cm³/mol. The summed E-state index contributed by atoms with van der Waals surface area (Å²) in [6, 6.07) is 9.18. The molecule has 0 aliphatic rings. The molecule has 31 heavy (non-hydrogen) atoms. The Morgan fingerprint density at radius 1 is 1.26 bits per heavy atom. The van der Waals surface area contributed by atoms with Crippen molar-refractivity contribution in [1.29, 1.82) is 0 Å². The molecule has 1 heterocycles. The lowest BCUT2D eigenvalue weighted by atomic mass is 10.1. The van der Waals surface area contributed by atoms with E-state index < -0.39 is 27.5 Å². The van der Waals surface area contributed by atoms with Gasteiger partial charge in [0.2, 0.25) is 10.0 Å². The van der Waals surface area contributed by atoms with Crippen LogP contribution in [-0.2, 0) is 10.0 Å². The minimum atomic E-state index is -3.88. The molecule has 0 spiro atoms. The minimum Gasteiger partial charge on any atom is -0.485 e. The van der Waals surface area contributed by atoms with Gasteiger partial charge in [-0.3, -0.25) is 4.79 Å². The molecule has 3 rings (SSSR count). The molecule has 1 aromatic heterocycles. The molecular weight excluding hydrogens is 449 g/mol. The van der Waals surface area contributed by atoms with Crippen molar-refractivity contribution in [3.63, 3.8) is 0 Å². The Kier molecular flexibility index (Phi) is 6.75. The molecule has 2 aromatic carbocycles. The van der Waals surface area contributed by atoms with E-state index in [0.717, 1.165) is 10.7 Å². The maximum atomic E-state index is 13.5. The number of primary sulfonamides is 1. The number of hydrogen-bond acceptors (Lipinski definition) is 6. The molecule has 0 aliphatic heterocycles. The number of benzene rings is 2. The zero-order valence-electron chi connectivity index (χ0n) is 16.3. The lowest BCUT2D eigenvalue weighted by Gasteiger charge is -2.15. The van der Waals surface area contributed by atoms with Gasteiger partial charge in [0, 0.05) is 5.56 Å². The maximum absolute atomic E-state index is 13.5. The third kappa shape index (κ3) is 5.10. The number of ether oxygens (including phenoxy) is 1. The van der Waals surface area contributed by atoms with Gasteiger partial charge in [-0.05, 0) is 42.3 Å². The van der Waals surface area contributed by atoms with Gasteiger partial charge in [-0.25, -0.2) is 17.9 Å².